The van der Waals surface area contributed by atoms with Gasteiger partial charge in [-0.05, 0) is 110 Å². The van der Waals surface area contributed by atoms with Crippen molar-refractivity contribution in [2.75, 3.05) is 4.90 Å². The summed E-state index contributed by atoms with van der Waals surface area (Å²) in [5.74, 6) is 0. The molecule has 2 heteroatoms. The molecular weight excluding hydrogens is 739 g/mol. The predicted molar refractivity (Wildman–Crippen MR) is 254 cm³/mol. The number of nitrogens with zero attached hydrogens (tertiary/aromatic N) is 1. The van der Waals surface area contributed by atoms with Crippen LogP contribution in [0.15, 0.2) is 241 Å². The molecule has 1 aromatic heterocycles. The van der Waals surface area contributed by atoms with Crippen molar-refractivity contribution in [1.82, 2.24) is 0 Å². The highest BCUT2D eigenvalue weighted by Crippen LogP contribution is 2.57. The van der Waals surface area contributed by atoms with Crippen LogP contribution < -0.4 is 4.90 Å². The number of hydrogen-bond donors (Lipinski definition) is 0. The number of fused-ring (bicyclic) bond motifs is 8. The van der Waals surface area contributed by atoms with Gasteiger partial charge in [-0.25, -0.2) is 0 Å². The number of hydrogen-bond acceptors (Lipinski definition) is 2. The smallest absolute Gasteiger partial charge is 0.143 e. The van der Waals surface area contributed by atoms with E-state index in [9.17, 15) is 5.48 Å². The molecule has 0 saturated carbocycles. The number of rotatable bonds is 7. The van der Waals surface area contributed by atoms with Crippen molar-refractivity contribution in [3.63, 3.8) is 0 Å². The summed E-state index contributed by atoms with van der Waals surface area (Å²) >= 11 is 0. The van der Waals surface area contributed by atoms with Crippen molar-refractivity contribution >= 4 is 49.8 Å². The molecular formula is C59H39NO. The lowest BCUT2D eigenvalue weighted by Crippen LogP contribution is -2.28. The molecule has 12 rings (SSSR count). The molecule has 0 spiro atoms. The van der Waals surface area contributed by atoms with Crippen LogP contribution >= 0.6 is 0 Å². The Morgan fingerprint density at radius 2 is 1.02 bits per heavy atom. The maximum atomic E-state index is 9.77. The first-order valence-electron chi connectivity index (χ1n) is 22.7. The second kappa shape index (κ2) is 14.1. The molecule has 0 fully saturated rings. The molecule has 0 bridgehead atoms. The first-order chi connectivity index (χ1) is 31.9. The summed E-state index contributed by atoms with van der Waals surface area (Å²) in [6.07, 6.45) is 0. The Labute approximate surface area is 360 Å². The molecule has 11 aromatic rings. The van der Waals surface area contributed by atoms with Crippen molar-refractivity contribution < 1.29 is 9.90 Å². The minimum atomic E-state index is -0.702. The standard InChI is InChI=1S/C59H39NO/c1-4-16-40(17-5-1)41-30-33-46(34-31-41)60(47-24-14-19-43(38-47)49-27-15-29-56-57(49)53-36-32-42-18-10-11-25-50(42)58(53)61-56)48-35-37-52-51-26-12-13-28-54(51)59(55(52)39-48,44-20-6-2-7-21-44)45-22-8-3-9-23-45/h1-39H/i30D,31D,33D,34D. The number of anilines is 3. The lowest BCUT2D eigenvalue weighted by Gasteiger charge is -2.35. The predicted octanol–water partition coefficient (Wildman–Crippen LogP) is 15.9. The van der Waals surface area contributed by atoms with Crippen molar-refractivity contribution in [2.24, 2.45) is 0 Å². The fourth-order valence-corrected chi connectivity index (χ4v) is 9.75. The Balaban J connectivity index is 1.13. The van der Waals surface area contributed by atoms with E-state index in [2.05, 4.69) is 133 Å². The summed E-state index contributed by atoms with van der Waals surface area (Å²) in [4.78, 5) is 1.92. The minimum Gasteiger partial charge on any atom is -0.455 e. The number of furan rings is 1. The minimum absolute atomic E-state index is 0.105. The summed E-state index contributed by atoms with van der Waals surface area (Å²) in [6.45, 7) is 0. The van der Waals surface area contributed by atoms with Crippen molar-refractivity contribution in [3.8, 4) is 33.4 Å². The summed E-state index contributed by atoms with van der Waals surface area (Å²) in [5.41, 5.74) is 12.0. The fourth-order valence-electron chi connectivity index (χ4n) is 9.75. The average molecular weight is 782 g/mol. The van der Waals surface area contributed by atoms with Gasteiger partial charge in [0.15, 0.2) is 0 Å². The summed E-state index contributed by atoms with van der Waals surface area (Å²) in [6, 6.07) is 71.9. The zero-order chi connectivity index (χ0) is 43.8. The Morgan fingerprint density at radius 1 is 0.393 bits per heavy atom. The van der Waals surface area contributed by atoms with Crippen molar-refractivity contribution in [2.45, 2.75) is 5.41 Å². The molecule has 286 valence electrons. The molecule has 0 aliphatic heterocycles. The third-order valence-electron chi connectivity index (χ3n) is 12.4. The van der Waals surface area contributed by atoms with Gasteiger partial charge in [-0.2, -0.15) is 0 Å². The zero-order valence-corrected chi connectivity index (χ0v) is 33.1. The molecule has 1 aliphatic carbocycles. The largest absolute Gasteiger partial charge is 0.455 e. The van der Waals surface area contributed by atoms with Crippen LogP contribution in [0.4, 0.5) is 17.1 Å². The molecule has 1 heterocycles. The van der Waals surface area contributed by atoms with E-state index >= 15 is 0 Å². The van der Waals surface area contributed by atoms with Crippen molar-refractivity contribution in [3.05, 3.63) is 259 Å². The normalized spacial score (nSPS) is 13.6. The van der Waals surface area contributed by atoms with Gasteiger partial charge in [-0.3, -0.25) is 0 Å². The highest BCUT2D eigenvalue weighted by molar-refractivity contribution is 6.19. The van der Waals surface area contributed by atoms with Crippen LogP contribution in [-0.4, -0.2) is 0 Å². The summed E-state index contributed by atoms with van der Waals surface area (Å²) in [5, 5.41) is 4.18. The SMILES string of the molecule is [2H]c1c([2H])c(N(c2cccc(-c3cccc4oc5c6ccccc6ccc5c34)c2)c2ccc3c(c2)C(c2ccccc2)(c2ccccc2)c2ccccc2-3)c([2H])c([2H])c1-c1ccccc1. The van der Waals surface area contributed by atoms with E-state index in [0.717, 1.165) is 71.7 Å². The van der Waals surface area contributed by atoms with Crippen LogP contribution in [0, 0.1) is 0 Å². The van der Waals surface area contributed by atoms with E-state index in [1.807, 2.05) is 83.8 Å². The Hall–Kier alpha value is -7.94. The van der Waals surface area contributed by atoms with Crippen LogP contribution in [-0.2, 0) is 5.41 Å². The van der Waals surface area contributed by atoms with Gasteiger partial charge in [-0.1, -0.05) is 188 Å². The second-order valence-electron chi connectivity index (χ2n) is 15.7. The van der Waals surface area contributed by atoms with Crippen molar-refractivity contribution in [1.29, 1.82) is 0 Å². The molecule has 1 aliphatic rings. The maximum absolute atomic E-state index is 9.77. The van der Waals surface area contributed by atoms with Gasteiger partial charge in [0.1, 0.15) is 11.2 Å². The molecule has 0 amide bonds. The third-order valence-corrected chi connectivity index (χ3v) is 12.4. The Kier molecular flexibility index (Phi) is 7.18. The summed E-state index contributed by atoms with van der Waals surface area (Å²) < 4.78 is 45.1. The lowest BCUT2D eigenvalue weighted by atomic mass is 9.67. The van der Waals surface area contributed by atoms with Crippen LogP contribution in [0.25, 0.3) is 66.1 Å². The topological polar surface area (TPSA) is 16.4 Å². The fraction of sp³-hybridized carbons (Fsp3) is 0.0169. The third kappa shape index (κ3) is 5.50. The number of benzene rings is 10. The molecule has 0 N–H and O–H groups in total. The van der Waals surface area contributed by atoms with Gasteiger partial charge in [0.05, 0.1) is 10.9 Å². The van der Waals surface area contributed by atoms with E-state index in [4.69, 9.17) is 4.42 Å². The van der Waals surface area contributed by atoms with E-state index in [1.54, 1.807) is 0 Å². The molecule has 0 unspecified atom stereocenters. The van der Waals surface area contributed by atoms with Gasteiger partial charge >= 0.3 is 0 Å². The molecule has 61 heavy (non-hydrogen) atoms. The van der Waals surface area contributed by atoms with Gasteiger partial charge in [0.25, 0.3) is 0 Å². The van der Waals surface area contributed by atoms with Crippen LogP contribution in [0.5, 0.6) is 0 Å². The van der Waals surface area contributed by atoms with Gasteiger partial charge in [-0.15, -0.1) is 0 Å². The maximum Gasteiger partial charge on any atom is 0.143 e. The van der Waals surface area contributed by atoms with Gasteiger partial charge in [0, 0.05) is 33.2 Å². The first-order valence-corrected chi connectivity index (χ1v) is 20.7. The summed E-state index contributed by atoms with van der Waals surface area (Å²) in [7, 11) is 0. The second-order valence-corrected chi connectivity index (χ2v) is 15.7. The van der Waals surface area contributed by atoms with Gasteiger partial charge in [0.2, 0.25) is 0 Å². The first kappa shape index (κ1) is 31.0. The van der Waals surface area contributed by atoms with E-state index in [1.165, 1.54) is 5.56 Å². The Morgan fingerprint density at radius 3 is 1.80 bits per heavy atom. The highest BCUT2D eigenvalue weighted by Gasteiger charge is 2.46. The quantitative estimate of drug-likeness (QED) is 0.160. The Bertz CT molecular complexity index is 3590. The monoisotopic (exact) mass is 781 g/mol. The molecule has 2 nitrogen and oxygen atoms in total. The highest BCUT2D eigenvalue weighted by atomic mass is 16.3. The molecule has 0 saturated heterocycles. The molecule has 10 aromatic carbocycles. The van der Waals surface area contributed by atoms with E-state index in [-0.39, 0.29) is 35.4 Å². The van der Waals surface area contributed by atoms with Crippen LogP contribution in [0.2, 0.25) is 0 Å². The van der Waals surface area contributed by atoms with Gasteiger partial charge < -0.3 is 9.32 Å². The van der Waals surface area contributed by atoms with E-state index < -0.39 is 5.41 Å². The van der Waals surface area contributed by atoms with E-state index in [0.29, 0.717) is 16.9 Å². The van der Waals surface area contributed by atoms with Crippen LogP contribution in [0.3, 0.4) is 0 Å². The van der Waals surface area contributed by atoms with Crippen LogP contribution in [0.1, 0.15) is 27.7 Å². The molecule has 0 atom stereocenters. The zero-order valence-electron chi connectivity index (χ0n) is 37.1. The lowest BCUT2D eigenvalue weighted by molar-refractivity contribution is 0.673. The average Bonchev–Trinajstić information content (AvgIpc) is 3.90. The molecule has 0 radical (unpaired) electrons.